The van der Waals surface area contributed by atoms with Gasteiger partial charge in [-0.1, -0.05) is 6.92 Å². The van der Waals surface area contributed by atoms with Crippen LogP contribution in [-0.4, -0.2) is 19.1 Å². The Morgan fingerprint density at radius 3 is 2.71 bits per heavy atom. The van der Waals surface area contributed by atoms with Crippen molar-refractivity contribution in [2.75, 3.05) is 24.3 Å². The van der Waals surface area contributed by atoms with Gasteiger partial charge in [0.25, 0.3) is 0 Å². The van der Waals surface area contributed by atoms with Gasteiger partial charge < -0.3 is 15.8 Å². The zero-order chi connectivity index (χ0) is 12.8. The van der Waals surface area contributed by atoms with E-state index in [2.05, 4.69) is 5.32 Å². The zero-order valence-electron chi connectivity index (χ0n) is 10.7. The van der Waals surface area contributed by atoms with Crippen LogP contribution in [0.4, 0.5) is 11.4 Å². The SMILES string of the molecule is CCCOCC(=O)Nc1cc(C)c(N)cc1C. The molecule has 0 aliphatic heterocycles. The minimum absolute atomic E-state index is 0.0940. The molecule has 0 radical (unpaired) electrons. The lowest BCUT2D eigenvalue weighted by Gasteiger charge is -2.11. The van der Waals surface area contributed by atoms with Gasteiger partial charge in [0.15, 0.2) is 0 Å². The number of hydrogen-bond donors (Lipinski definition) is 2. The largest absolute Gasteiger partial charge is 0.399 e. The molecule has 0 fully saturated rings. The lowest BCUT2D eigenvalue weighted by atomic mass is 10.1. The molecule has 94 valence electrons. The van der Waals surface area contributed by atoms with E-state index in [1.807, 2.05) is 32.9 Å². The van der Waals surface area contributed by atoms with Crippen molar-refractivity contribution in [2.24, 2.45) is 0 Å². The Kier molecular flexibility index (Phi) is 4.97. The van der Waals surface area contributed by atoms with Crippen LogP contribution in [0.2, 0.25) is 0 Å². The Hall–Kier alpha value is -1.55. The van der Waals surface area contributed by atoms with E-state index in [0.29, 0.717) is 6.61 Å². The Balaban J connectivity index is 2.62. The second-order valence-corrected chi connectivity index (χ2v) is 4.12. The number of benzene rings is 1. The molecule has 0 atom stereocenters. The number of aryl methyl sites for hydroxylation is 2. The van der Waals surface area contributed by atoms with Crippen LogP contribution in [0.5, 0.6) is 0 Å². The first-order valence-corrected chi connectivity index (χ1v) is 5.79. The molecule has 0 spiro atoms. The fraction of sp³-hybridized carbons (Fsp3) is 0.462. The van der Waals surface area contributed by atoms with E-state index in [0.717, 1.165) is 28.9 Å². The average Bonchev–Trinajstić information content (AvgIpc) is 2.26. The van der Waals surface area contributed by atoms with Crippen molar-refractivity contribution < 1.29 is 9.53 Å². The topological polar surface area (TPSA) is 64.3 Å². The van der Waals surface area contributed by atoms with Gasteiger partial charge in [-0.25, -0.2) is 0 Å². The van der Waals surface area contributed by atoms with Gasteiger partial charge >= 0.3 is 0 Å². The summed E-state index contributed by atoms with van der Waals surface area (Å²) >= 11 is 0. The number of ether oxygens (including phenoxy) is 1. The molecule has 0 aliphatic carbocycles. The Bertz CT molecular complexity index is 403. The van der Waals surface area contributed by atoms with E-state index in [1.54, 1.807) is 0 Å². The number of nitrogens with one attached hydrogen (secondary N) is 1. The van der Waals surface area contributed by atoms with Crippen LogP contribution in [-0.2, 0) is 9.53 Å². The van der Waals surface area contributed by atoms with E-state index in [1.165, 1.54) is 0 Å². The molecule has 0 aromatic heterocycles. The first-order chi connectivity index (χ1) is 8.04. The number of amides is 1. The molecule has 1 aromatic carbocycles. The maximum Gasteiger partial charge on any atom is 0.250 e. The van der Waals surface area contributed by atoms with Gasteiger partial charge in [0.1, 0.15) is 6.61 Å². The molecule has 1 rings (SSSR count). The molecule has 0 aliphatic rings. The molecule has 3 N–H and O–H groups in total. The van der Waals surface area contributed by atoms with Crippen molar-refractivity contribution in [3.63, 3.8) is 0 Å². The lowest BCUT2D eigenvalue weighted by Crippen LogP contribution is -2.19. The predicted molar refractivity (Wildman–Crippen MR) is 70.1 cm³/mol. The van der Waals surface area contributed by atoms with Crippen molar-refractivity contribution in [1.82, 2.24) is 0 Å². The maximum absolute atomic E-state index is 11.6. The molecule has 0 heterocycles. The fourth-order valence-corrected chi connectivity index (χ4v) is 1.47. The smallest absolute Gasteiger partial charge is 0.250 e. The highest BCUT2D eigenvalue weighted by Gasteiger charge is 2.06. The normalized spacial score (nSPS) is 10.3. The van der Waals surface area contributed by atoms with Gasteiger partial charge in [0.05, 0.1) is 0 Å². The molecule has 0 bridgehead atoms. The van der Waals surface area contributed by atoms with Gasteiger partial charge in [0.2, 0.25) is 5.91 Å². The van der Waals surface area contributed by atoms with Crippen molar-refractivity contribution >= 4 is 17.3 Å². The Labute approximate surface area is 102 Å². The van der Waals surface area contributed by atoms with Crippen LogP contribution in [0.25, 0.3) is 0 Å². The number of nitrogen functional groups attached to an aromatic ring is 1. The Morgan fingerprint density at radius 1 is 1.35 bits per heavy atom. The van der Waals surface area contributed by atoms with E-state index in [4.69, 9.17) is 10.5 Å². The summed E-state index contributed by atoms with van der Waals surface area (Å²) in [4.78, 5) is 11.6. The fourth-order valence-electron chi connectivity index (χ4n) is 1.47. The van der Waals surface area contributed by atoms with Crippen LogP contribution >= 0.6 is 0 Å². The second kappa shape index (κ2) is 6.25. The van der Waals surface area contributed by atoms with E-state index in [9.17, 15) is 4.79 Å². The van der Waals surface area contributed by atoms with E-state index >= 15 is 0 Å². The monoisotopic (exact) mass is 236 g/mol. The highest BCUT2D eigenvalue weighted by molar-refractivity contribution is 5.92. The summed E-state index contributed by atoms with van der Waals surface area (Å²) < 4.78 is 5.17. The highest BCUT2D eigenvalue weighted by atomic mass is 16.5. The summed E-state index contributed by atoms with van der Waals surface area (Å²) in [5, 5.41) is 2.82. The third kappa shape index (κ3) is 4.07. The van der Waals surface area contributed by atoms with Crippen LogP contribution in [0.15, 0.2) is 12.1 Å². The molecule has 0 saturated heterocycles. The first kappa shape index (κ1) is 13.5. The Morgan fingerprint density at radius 2 is 2.06 bits per heavy atom. The summed E-state index contributed by atoms with van der Waals surface area (Å²) in [6, 6.07) is 3.74. The van der Waals surface area contributed by atoms with Crippen LogP contribution < -0.4 is 11.1 Å². The first-order valence-electron chi connectivity index (χ1n) is 5.79. The van der Waals surface area contributed by atoms with Gasteiger partial charge in [0, 0.05) is 18.0 Å². The standard InChI is InChI=1S/C13H20N2O2/c1-4-5-17-8-13(16)15-12-7-9(2)11(14)6-10(12)3/h6-7H,4-5,8,14H2,1-3H3,(H,15,16). The molecule has 0 saturated carbocycles. The van der Waals surface area contributed by atoms with Crippen LogP contribution in [0.1, 0.15) is 24.5 Å². The van der Waals surface area contributed by atoms with Crippen molar-refractivity contribution in [2.45, 2.75) is 27.2 Å². The zero-order valence-corrected chi connectivity index (χ0v) is 10.7. The van der Waals surface area contributed by atoms with Crippen molar-refractivity contribution in [3.05, 3.63) is 23.3 Å². The molecule has 4 heteroatoms. The summed E-state index contributed by atoms with van der Waals surface area (Å²) in [6.45, 7) is 6.53. The highest BCUT2D eigenvalue weighted by Crippen LogP contribution is 2.21. The predicted octanol–water partition coefficient (Wildman–Crippen LogP) is 2.25. The maximum atomic E-state index is 11.6. The third-order valence-corrected chi connectivity index (χ3v) is 2.47. The molecule has 4 nitrogen and oxygen atoms in total. The molecule has 1 aromatic rings. The van der Waals surface area contributed by atoms with Crippen molar-refractivity contribution in [3.8, 4) is 0 Å². The second-order valence-electron chi connectivity index (χ2n) is 4.12. The number of carbonyl (C=O) groups excluding carboxylic acids is 1. The summed E-state index contributed by atoms with van der Waals surface area (Å²) in [6.07, 6.45) is 0.910. The van der Waals surface area contributed by atoms with Gasteiger partial charge in [-0.05, 0) is 43.5 Å². The number of anilines is 2. The van der Waals surface area contributed by atoms with Gasteiger partial charge in [-0.2, -0.15) is 0 Å². The number of hydrogen-bond acceptors (Lipinski definition) is 3. The van der Waals surface area contributed by atoms with Crippen LogP contribution in [0, 0.1) is 13.8 Å². The number of rotatable bonds is 5. The average molecular weight is 236 g/mol. The van der Waals surface area contributed by atoms with Gasteiger partial charge in [-0.3, -0.25) is 4.79 Å². The molecule has 1 amide bonds. The summed E-state index contributed by atoms with van der Waals surface area (Å²) in [5.74, 6) is -0.134. The van der Waals surface area contributed by atoms with E-state index < -0.39 is 0 Å². The lowest BCUT2D eigenvalue weighted by molar-refractivity contribution is -0.120. The summed E-state index contributed by atoms with van der Waals surface area (Å²) in [7, 11) is 0. The molecular weight excluding hydrogens is 216 g/mol. The van der Waals surface area contributed by atoms with Gasteiger partial charge in [-0.15, -0.1) is 0 Å². The minimum Gasteiger partial charge on any atom is -0.399 e. The minimum atomic E-state index is -0.134. The van der Waals surface area contributed by atoms with Crippen LogP contribution in [0.3, 0.4) is 0 Å². The summed E-state index contributed by atoms with van der Waals surface area (Å²) in [5.41, 5.74) is 9.23. The molecule has 17 heavy (non-hydrogen) atoms. The quantitative estimate of drug-likeness (QED) is 0.608. The molecular formula is C13H20N2O2. The third-order valence-electron chi connectivity index (χ3n) is 2.47. The number of nitrogens with two attached hydrogens (primary N) is 1. The molecule has 0 unspecified atom stereocenters. The number of carbonyl (C=O) groups is 1. The van der Waals surface area contributed by atoms with E-state index in [-0.39, 0.29) is 12.5 Å². The van der Waals surface area contributed by atoms with Crippen molar-refractivity contribution in [1.29, 1.82) is 0 Å².